The summed E-state index contributed by atoms with van der Waals surface area (Å²) in [4.78, 5) is 6.60. The van der Waals surface area contributed by atoms with E-state index < -0.39 is 12.8 Å². The van der Waals surface area contributed by atoms with Gasteiger partial charge in [-0.1, -0.05) is 31.2 Å². The molecule has 0 spiro atoms. The summed E-state index contributed by atoms with van der Waals surface area (Å²) >= 11 is 0. The van der Waals surface area contributed by atoms with Gasteiger partial charge in [-0.3, -0.25) is 4.99 Å². The summed E-state index contributed by atoms with van der Waals surface area (Å²) in [5, 5.41) is 3.35. The van der Waals surface area contributed by atoms with Crippen LogP contribution in [0.3, 0.4) is 0 Å². The number of nitrogens with zero attached hydrogens (tertiary/aromatic N) is 2. The molecule has 1 N–H and O–H groups in total. The number of rotatable bonds is 5. The van der Waals surface area contributed by atoms with Crippen molar-refractivity contribution in [2.24, 2.45) is 10.9 Å². The monoisotopic (exact) mass is 485 g/mol. The van der Waals surface area contributed by atoms with Gasteiger partial charge in [-0.05, 0) is 29.9 Å². The summed E-state index contributed by atoms with van der Waals surface area (Å²) in [6.45, 7) is 3.66. The molecule has 1 aliphatic rings. The van der Waals surface area contributed by atoms with Crippen molar-refractivity contribution in [2.75, 3.05) is 26.7 Å². The molecule has 0 bridgehead atoms. The molecule has 0 amide bonds. The van der Waals surface area contributed by atoms with Gasteiger partial charge < -0.3 is 15.0 Å². The lowest BCUT2D eigenvalue weighted by molar-refractivity contribution is -0.176. The van der Waals surface area contributed by atoms with Crippen molar-refractivity contribution in [2.45, 2.75) is 39.1 Å². The SMILES string of the molecule is CN=C(NCc1ccc(COCC(F)(F)F)cc1)N1CCC(C)CC1.I. The minimum atomic E-state index is -4.29. The lowest BCUT2D eigenvalue weighted by Gasteiger charge is -2.32. The highest BCUT2D eigenvalue weighted by Crippen LogP contribution is 2.17. The zero-order chi connectivity index (χ0) is 18.3. The number of piperidine rings is 1. The van der Waals surface area contributed by atoms with Crippen LogP contribution in [0.15, 0.2) is 29.3 Å². The molecule has 1 heterocycles. The zero-order valence-corrected chi connectivity index (χ0v) is 17.5. The normalized spacial score (nSPS) is 16.3. The Morgan fingerprint density at radius 3 is 2.31 bits per heavy atom. The van der Waals surface area contributed by atoms with Gasteiger partial charge in [-0.2, -0.15) is 13.2 Å². The lowest BCUT2D eigenvalue weighted by Crippen LogP contribution is -2.45. The van der Waals surface area contributed by atoms with E-state index in [1.54, 1.807) is 19.2 Å². The van der Waals surface area contributed by atoms with Crippen LogP contribution < -0.4 is 5.32 Å². The number of aliphatic imine (C=N–C) groups is 1. The number of hydrogen-bond donors (Lipinski definition) is 1. The third-order valence-corrected chi connectivity index (χ3v) is 4.30. The second-order valence-corrected chi connectivity index (χ2v) is 6.49. The second kappa shape index (κ2) is 11.0. The van der Waals surface area contributed by atoms with E-state index >= 15 is 0 Å². The summed E-state index contributed by atoms with van der Waals surface area (Å²) in [7, 11) is 1.78. The van der Waals surface area contributed by atoms with Gasteiger partial charge in [-0.25, -0.2) is 0 Å². The average molecular weight is 485 g/mol. The first-order valence-corrected chi connectivity index (χ1v) is 8.55. The zero-order valence-electron chi connectivity index (χ0n) is 15.2. The van der Waals surface area contributed by atoms with Gasteiger partial charge in [0.25, 0.3) is 0 Å². The van der Waals surface area contributed by atoms with Crippen molar-refractivity contribution in [1.29, 1.82) is 0 Å². The molecule has 1 saturated heterocycles. The third-order valence-electron chi connectivity index (χ3n) is 4.30. The highest BCUT2D eigenvalue weighted by atomic mass is 127. The summed E-state index contributed by atoms with van der Waals surface area (Å²) in [5.41, 5.74) is 1.77. The summed E-state index contributed by atoms with van der Waals surface area (Å²) in [6, 6.07) is 7.37. The molecule has 26 heavy (non-hydrogen) atoms. The van der Waals surface area contributed by atoms with Crippen molar-refractivity contribution in [3.05, 3.63) is 35.4 Å². The fourth-order valence-electron chi connectivity index (χ4n) is 2.77. The predicted octanol–water partition coefficient (Wildman–Crippen LogP) is 4.19. The van der Waals surface area contributed by atoms with Gasteiger partial charge in [0.2, 0.25) is 0 Å². The molecule has 0 unspecified atom stereocenters. The molecule has 0 aromatic heterocycles. The first-order chi connectivity index (χ1) is 11.9. The van der Waals surface area contributed by atoms with Crippen LogP contribution in [0.5, 0.6) is 0 Å². The summed E-state index contributed by atoms with van der Waals surface area (Å²) in [5.74, 6) is 1.66. The molecule has 1 fully saturated rings. The van der Waals surface area contributed by atoms with Gasteiger partial charge in [-0.15, -0.1) is 24.0 Å². The lowest BCUT2D eigenvalue weighted by atomic mass is 9.99. The number of halogens is 4. The Balaban J connectivity index is 0.00000338. The van der Waals surface area contributed by atoms with Crippen molar-refractivity contribution < 1.29 is 17.9 Å². The Hall–Kier alpha value is -1.03. The number of benzene rings is 1. The Bertz CT molecular complexity index is 556. The van der Waals surface area contributed by atoms with E-state index in [1.807, 2.05) is 12.1 Å². The first kappa shape index (κ1) is 23.0. The van der Waals surface area contributed by atoms with E-state index in [9.17, 15) is 13.2 Å². The van der Waals surface area contributed by atoms with E-state index in [1.165, 1.54) is 12.8 Å². The maximum Gasteiger partial charge on any atom is 0.411 e. The van der Waals surface area contributed by atoms with Crippen molar-refractivity contribution in [3.63, 3.8) is 0 Å². The van der Waals surface area contributed by atoms with E-state index in [2.05, 4.69) is 26.9 Å². The van der Waals surface area contributed by atoms with Crippen LogP contribution in [0.4, 0.5) is 13.2 Å². The molecule has 4 nitrogen and oxygen atoms in total. The molecular weight excluding hydrogens is 458 g/mol. The molecule has 1 aliphatic heterocycles. The fraction of sp³-hybridized carbons (Fsp3) is 0.611. The Kier molecular flexibility index (Phi) is 9.70. The molecular formula is C18H27F3IN3O. The largest absolute Gasteiger partial charge is 0.411 e. The maximum atomic E-state index is 12.1. The number of alkyl halides is 3. The minimum absolute atomic E-state index is 0. The first-order valence-electron chi connectivity index (χ1n) is 8.55. The van der Waals surface area contributed by atoms with Gasteiger partial charge >= 0.3 is 6.18 Å². The number of guanidine groups is 1. The average Bonchev–Trinajstić information content (AvgIpc) is 2.57. The van der Waals surface area contributed by atoms with Crippen molar-refractivity contribution in [1.82, 2.24) is 10.2 Å². The number of likely N-dealkylation sites (tertiary alicyclic amines) is 1. The molecule has 0 radical (unpaired) electrons. The van der Waals surface area contributed by atoms with Crippen LogP contribution in [0.1, 0.15) is 30.9 Å². The molecule has 148 valence electrons. The van der Waals surface area contributed by atoms with Crippen LogP contribution in [-0.2, 0) is 17.9 Å². The number of ether oxygens (including phenoxy) is 1. The van der Waals surface area contributed by atoms with Gasteiger partial charge in [0, 0.05) is 26.7 Å². The molecule has 1 aromatic carbocycles. The molecule has 2 rings (SSSR count). The Morgan fingerprint density at radius 2 is 1.77 bits per heavy atom. The van der Waals surface area contributed by atoms with E-state index in [4.69, 9.17) is 0 Å². The molecule has 0 aliphatic carbocycles. The molecule has 0 saturated carbocycles. The Labute approximate surface area is 170 Å². The van der Waals surface area contributed by atoms with Gasteiger partial charge in [0.1, 0.15) is 6.61 Å². The third kappa shape index (κ3) is 8.11. The van der Waals surface area contributed by atoms with E-state index in [-0.39, 0.29) is 30.6 Å². The molecule has 0 atom stereocenters. The summed E-state index contributed by atoms with van der Waals surface area (Å²) < 4.78 is 40.8. The smallest absolute Gasteiger partial charge is 0.367 e. The predicted molar refractivity (Wildman–Crippen MR) is 108 cm³/mol. The summed E-state index contributed by atoms with van der Waals surface area (Å²) in [6.07, 6.45) is -1.94. The van der Waals surface area contributed by atoms with Gasteiger partial charge in [0.05, 0.1) is 6.61 Å². The standard InChI is InChI=1S/C18H26F3N3O.HI/c1-14-7-9-24(10-8-14)17(22-2)23-11-15-3-5-16(6-4-15)12-25-13-18(19,20)21;/h3-6,14H,7-13H2,1-2H3,(H,22,23);1H. The van der Waals surface area contributed by atoms with E-state index in [0.29, 0.717) is 6.54 Å². The van der Waals surface area contributed by atoms with Crippen molar-refractivity contribution in [3.8, 4) is 0 Å². The second-order valence-electron chi connectivity index (χ2n) is 6.49. The van der Waals surface area contributed by atoms with Crippen LogP contribution in [0, 0.1) is 5.92 Å². The maximum absolute atomic E-state index is 12.1. The van der Waals surface area contributed by atoms with Gasteiger partial charge in [0.15, 0.2) is 5.96 Å². The van der Waals surface area contributed by atoms with Crippen molar-refractivity contribution >= 4 is 29.9 Å². The van der Waals surface area contributed by atoms with Crippen LogP contribution in [-0.4, -0.2) is 43.8 Å². The number of hydrogen-bond acceptors (Lipinski definition) is 2. The number of nitrogens with one attached hydrogen (secondary N) is 1. The quantitative estimate of drug-likeness (QED) is 0.386. The van der Waals surface area contributed by atoms with E-state index in [0.717, 1.165) is 36.1 Å². The Morgan fingerprint density at radius 1 is 1.19 bits per heavy atom. The fourth-order valence-corrected chi connectivity index (χ4v) is 2.77. The van der Waals surface area contributed by atoms with Crippen LogP contribution in [0.2, 0.25) is 0 Å². The van der Waals surface area contributed by atoms with Crippen LogP contribution >= 0.6 is 24.0 Å². The highest BCUT2D eigenvalue weighted by molar-refractivity contribution is 14.0. The molecule has 1 aromatic rings. The highest BCUT2D eigenvalue weighted by Gasteiger charge is 2.27. The topological polar surface area (TPSA) is 36.9 Å². The molecule has 8 heteroatoms. The minimum Gasteiger partial charge on any atom is -0.367 e. The van der Waals surface area contributed by atoms with Crippen LogP contribution in [0.25, 0.3) is 0 Å².